The number of benzene rings is 2. The van der Waals surface area contributed by atoms with Gasteiger partial charge >= 0.3 is 0 Å². The fourth-order valence-corrected chi connectivity index (χ4v) is 2.12. The molecule has 0 aliphatic carbocycles. The van der Waals surface area contributed by atoms with E-state index in [1.807, 2.05) is 19.1 Å². The molecule has 0 aliphatic rings. The number of phenolic OH excluding ortho intramolecular Hbond substituents is 1. The van der Waals surface area contributed by atoms with Crippen LogP contribution in [-0.4, -0.2) is 15.1 Å². The highest BCUT2D eigenvalue weighted by molar-refractivity contribution is 5.85. The lowest BCUT2D eigenvalue weighted by Gasteiger charge is -2.10. The first-order valence-corrected chi connectivity index (χ1v) is 7.44. The van der Waals surface area contributed by atoms with Crippen molar-refractivity contribution in [2.24, 2.45) is 0 Å². The van der Waals surface area contributed by atoms with Crippen LogP contribution in [0.2, 0.25) is 0 Å². The van der Waals surface area contributed by atoms with Crippen molar-refractivity contribution in [2.45, 2.75) is 13.8 Å². The van der Waals surface area contributed by atoms with E-state index >= 15 is 0 Å². The molecule has 5 nitrogen and oxygen atoms in total. The van der Waals surface area contributed by atoms with Gasteiger partial charge in [-0.2, -0.15) is 4.98 Å². The number of rotatable bonds is 4. The predicted molar refractivity (Wildman–Crippen MR) is 99.8 cm³/mol. The van der Waals surface area contributed by atoms with E-state index < -0.39 is 0 Å². The first-order valence-electron chi connectivity index (χ1n) is 7.44. The van der Waals surface area contributed by atoms with Crippen LogP contribution in [0.3, 0.4) is 0 Å². The minimum Gasteiger partial charge on any atom is -0.508 e. The standard InChI is InChI=1S/C18H17FN4O.ClH/c1-11-3-5-13(9-15(11)19)22-18-20-8-7-17(23-18)21-14-6-4-12(2)16(24)10-14;/h3-10,24H,1-2H3,(H2,20,21,22,23);1H. The second kappa shape index (κ2) is 7.81. The Kier molecular flexibility index (Phi) is 5.77. The lowest BCUT2D eigenvalue weighted by atomic mass is 10.2. The summed E-state index contributed by atoms with van der Waals surface area (Å²) in [6, 6.07) is 11.8. The maximum absolute atomic E-state index is 13.6. The summed E-state index contributed by atoms with van der Waals surface area (Å²) in [7, 11) is 0. The Balaban J connectivity index is 0.00000225. The summed E-state index contributed by atoms with van der Waals surface area (Å²) in [6.07, 6.45) is 1.59. The second-order valence-electron chi connectivity index (χ2n) is 5.48. The molecule has 0 atom stereocenters. The smallest absolute Gasteiger partial charge is 0.229 e. The van der Waals surface area contributed by atoms with Gasteiger partial charge in [0.25, 0.3) is 0 Å². The summed E-state index contributed by atoms with van der Waals surface area (Å²) in [5.74, 6) is 0.829. The fourth-order valence-electron chi connectivity index (χ4n) is 2.12. The molecule has 3 N–H and O–H groups in total. The quantitative estimate of drug-likeness (QED) is 0.620. The summed E-state index contributed by atoms with van der Waals surface area (Å²) in [5, 5.41) is 15.8. The molecule has 0 fully saturated rings. The zero-order valence-corrected chi connectivity index (χ0v) is 14.6. The Morgan fingerprint density at radius 3 is 2.28 bits per heavy atom. The Bertz CT molecular complexity index is 820. The minimum atomic E-state index is -0.288. The SMILES string of the molecule is Cc1ccc(Nc2ccnc(Nc3ccc(C)c(F)c3)n2)cc1O.Cl. The van der Waals surface area contributed by atoms with Crippen LogP contribution in [0.1, 0.15) is 11.1 Å². The van der Waals surface area contributed by atoms with E-state index in [1.165, 1.54) is 6.07 Å². The molecule has 130 valence electrons. The molecule has 0 spiro atoms. The molecular formula is C18H18ClFN4O. The first-order chi connectivity index (χ1) is 11.5. The molecule has 0 bridgehead atoms. The molecule has 0 aliphatic heterocycles. The second-order valence-corrected chi connectivity index (χ2v) is 5.48. The summed E-state index contributed by atoms with van der Waals surface area (Å²) < 4.78 is 13.6. The number of phenols is 1. The monoisotopic (exact) mass is 360 g/mol. The molecule has 1 heterocycles. The number of aromatic hydroxyl groups is 1. The topological polar surface area (TPSA) is 70.1 Å². The van der Waals surface area contributed by atoms with E-state index in [-0.39, 0.29) is 24.0 Å². The van der Waals surface area contributed by atoms with Crippen molar-refractivity contribution in [3.05, 3.63) is 65.6 Å². The van der Waals surface area contributed by atoms with Gasteiger partial charge in [0, 0.05) is 23.6 Å². The van der Waals surface area contributed by atoms with Crippen LogP contribution >= 0.6 is 12.4 Å². The number of nitrogens with one attached hydrogen (secondary N) is 2. The summed E-state index contributed by atoms with van der Waals surface area (Å²) in [5.41, 5.74) is 2.66. The van der Waals surface area contributed by atoms with Crippen molar-refractivity contribution >= 4 is 35.5 Å². The lowest BCUT2D eigenvalue weighted by molar-refractivity contribution is 0.471. The van der Waals surface area contributed by atoms with E-state index in [0.717, 1.165) is 5.56 Å². The highest BCUT2D eigenvalue weighted by Gasteiger charge is 2.04. The zero-order valence-electron chi connectivity index (χ0n) is 13.7. The number of aromatic nitrogens is 2. The lowest BCUT2D eigenvalue weighted by Crippen LogP contribution is -2.01. The highest BCUT2D eigenvalue weighted by Crippen LogP contribution is 2.24. The van der Waals surface area contributed by atoms with Crippen LogP contribution in [0, 0.1) is 19.7 Å². The average molecular weight is 361 g/mol. The van der Waals surface area contributed by atoms with Crippen LogP contribution in [0.4, 0.5) is 27.5 Å². The molecular weight excluding hydrogens is 343 g/mol. The van der Waals surface area contributed by atoms with Gasteiger partial charge < -0.3 is 15.7 Å². The van der Waals surface area contributed by atoms with Crippen LogP contribution < -0.4 is 10.6 Å². The van der Waals surface area contributed by atoms with Crippen LogP contribution in [0.15, 0.2) is 48.7 Å². The zero-order chi connectivity index (χ0) is 17.1. The number of aryl methyl sites for hydroxylation is 2. The molecule has 25 heavy (non-hydrogen) atoms. The van der Waals surface area contributed by atoms with Gasteiger partial charge in [-0.1, -0.05) is 12.1 Å². The van der Waals surface area contributed by atoms with Crippen molar-refractivity contribution in [3.63, 3.8) is 0 Å². The molecule has 2 aromatic carbocycles. The number of nitrogens with zero attached hydrogens (tertiary/aromatic N) is 2. The van der Waals surface area contributed by atoms with Gasteiger partial charge in [0.05, 0.1) is 0 Å². The van der Waals surface area contributed by atoms with Crippen LogP contribution in [0.25, 0.3) is 0 Å². The van der Waals surface area contributed by atoms with Crippen molar-refractivity contribution in [3.8, 4) is 5.75 Å². The first kappa shape index (κ1) is 18.5. The van der Waals surface area contributed by atoms with E-state index in [2.05, 4.69) is 20.6 Å². The normalized spacial score (nSPS) is 10.0. The molecule has 7 heteroatoms. The van der Waals surface area contributed by atoms with Crippen molar-refractivity contribution in [2.75, 3.05) is 10.6 Å². The van der Waals surface area contributed by atoms with Gasteiger partial charge in [-0.25, -0.2) is 9.37 Å². The van der Waals surface area contributed by atoms with Crippen molar-refractivity contribution in [1.29, 1.82) is 0 Å². The highest BCUT2D eigenvalue weighted by atomic mass is 35.5. The molecule has 0 saturated carbocycles. The molecule has 3 rings (SSSR count). The van der Waals surface area contributed by atoms with E-state index in [9.17, 15) is 9.50 Å². The Morgan fingerprint density at radius 2 is 1.60 bits per heavy atom. The fraction of sp³-hybridized carbons (Fsp3) is 0.111. The largest absolute Gasteiger partial charge is 0.508 e. The summed E-state index contributed by atoms with van der Waals surface area (Å²) in [6.45, 7) is 3.53. The molecule has 1 aromatic heterocycles. The third-order valence-electron chi connectivity index (χ3n) is 3.57. The number of halogens is 2. The minimum absolute atomic E-state index is 0. The van der Waals surface area contributed by atoms with E-state index in [1.54, 1.807) is 37.4 Å². The maximum Gasteiger partial charge on any atom is 0.229 e. The third kappa shape index (κ3) is 4.58. The number of hydrogen-bond donors (Lipinski definition) is 3. The summed E-state index contributed by atoms with van der Waals surface area (Å²) >= 11 is 0. The Morgan fingerprint density at radius 1 is 0.920 bits per heavy atom. The molecule has 3 aromatic rings. The third-order valence-corrected chi connectivity index (χ3v) is 3.57. The van der Waals surface area contributed by atoms with Crippen molar-refractivity contribution in [1.82, 2.24) is 9.97 Å². The number of anilines is 4. The van der Waals surface area contributed by atoms with Gasteiger partial charge in [0.1, 0.15) is 17.4 Å². The van der Waals surface area contributed by atoms with Gasteiger partial charge in [0.15, 0.2) is 0 Å². The van der Waals surface area contributed by atoms with Gasteiger partial charge in [-0.3, -0.25) is 0 Å². The van der Waals surface area contributed by atoms with Crippen LogP contribution in [-0.2, 0) is 0 Å². The molecule has 0 amide bonds. The van der Waals surface area contributed by atoms with Gasteiger partial charge in [-0.05, 0) is 49.2 Å². The summed E-state index contributed by atoms with van der Waals surface area (Å²) in [4.78, 5) is 8.46. The van der Waals surface area contributed by atoms with E-state index in [4.69, 9.17) is 0 Å². The van der Waals surface area contributed by atoms with E-state index in [0.29, 0.717) is 28.7 Å². The van der Waals surface area contributed by atoms with Gasteiger partial charge in [-0.15, -0.1) is 12.4 Å². The van der Waals surface area contributed by atoms with Crippen LogP contribution in [0.5, 0.6) is 5.75 Å². The predicted octanol–water partition coefficient (Wildman–Crippen LogP) is 4.85. The van der Waals surface area contributed by atoms with Gasteiger partial charge in [0.2, 0.25) is 5.95 Å². The Hall–Kier alpha value is -2.86. The maximum atomic E-state index is 13.6. The molecule has 0 unspecified atom stereocenters. The average Bonchev–Trinajstić information content (AvgIpc) is 2.55. The van der Waals surface area contributed by atoms with Crippen molar-refractivity contribution < 1.29 is 9.50 Å². The number of hydrogen-bond acceptors (Lipinski definition) is 5. The molecule has 0 saturated heterocycles. The Labute approximate surface area is 151 Å². The molecule has 0 radical (unpaired) electrons.